The summed E-state index contributed by atoms with van der Waals surface area (Å²) in [5.41, 5.74) is 1.03. The summed E-state index contributed by atoms with van der Waals surface area (Å²) in [6.07, 6.45) is 0.223. The Kier molecular flexibility index (Phi) is 7.46. The fraction of sp³-hybridized carbons (Fsp3) is 0.391. The van der Waals surface area contributed by atoms with Gasteiger partial charge < -0.3 is 9.05 Å². The maximum Gasteiger partial charge on any atom is 0.339 e. The van der Waals surface area contributed by atoms with Crippen molar-refractivity contribution in [3.8, 4) is 0 Å². The van der Waals surface area contributed by atoms with E-state index in [0.29, 0.717) is 5.56 Å². The highest BCUT2D eigenvalue weighted by Gasteiger charge is 2.40. The van der Waals surface area contributed by atoms with Gasteiger partial charge in [-0.2, -0.15) is 0 Å². The molecule has 0 spiro atoms. The van der Waals surface area contributed by atoms with Crippen LogP contribution < -0.4 is 0 Å². The highest BCUT2D eigenvalue weighted by molar-refractivity contribution is 7.54. The van der Waals surface area contributed by atoms with Crippen molar-refractivity contribution in [1.29, 1.82) is 0 Å². The molecule has 1 unspecified atom stereocenters. The summed E-state index contributed by atoms with van der Waals surface area (Å²) in [5.74, 6) is -1.65. The Bertz CT molecular complexity index is 1050. The Hall–Kier alpha value is -1.59. The van der Waals surface area contributed by atoms with Gasteiger partial charge in [-0.25, -0.2) is 8.78 Å². The molecule has 30 heavy (non-hydrogen) atoms. The zero-order valence-corrected chi connectivity index (χ0v) is 19.4. The van der Waals surface area contributed by atoms with Gasteiger partial charge in [-0.3, -0.25) is 4.57 Å². The van der Waals surface area contributed by atoms with Crippen LogP contribution in [-0.4, -0.2) is 13.2 Å². The molecule has 3 aromatic rings. The van der Waals surface area contributed by atoms with Crippen molar-refractivity contribution < 1.29 is 22.4 Å². The topological polar surface area (TPSA) is 35.5 Å². The maximum absolute atomic E-state index is 13.9. The Morgan fingerprint density at radius 3 is 2.27 bits per heavy atom. The van der Waals surface area contributed by atoms with Gasteiger partial charge in [0.2, 0.25) is 0 Å². The molecule has 1 atom stereocenters. The molecule has 0 fully saturated rings. The van der Waals surface area contributed by atoms with E-state index in [2.05, 4.69) is 19.9 Å². The van der Waals surface area contributed by atoms with Crippen molar-refractivity contribution in [3.63, 3.8) is 0 Å². The van der Waals surface area contributed by atoms with Crippen LogP contribution in [0.4, 0.5) is 8.78 Å². The minimum atomic E-state index is -3.57. The van der Waals surface area contributed by atoms with E-state index in [1.165, 1.54) is 6.07 Å². The molecule has 0 N–H and O–H groups in total. The number of thiophene rings is 1. The Labute approximate surface area is 180 Å². The molecular formula is C23H27F2O3PS. The van der Waals surface area contributed by atoms with Crippen molar-refractivity contribution >= 4 is 29.0 Å². The SMILES string of the molecule is CCOP(=O)(OCC)C(Cc1ccc(F)c(F)c1)c1sc2ccccc2c1C(C)C. The molecule has 0 bridgehead atoms. The lowest BCUT2D eigenvalue weighted by molar-refractivity contribution is 0.212. The molecule has 1 heterocycles. The lowest BCUT2D eigenvalue weighted by Crippen LogP contribution is -2.11. The summed E-state index contributed by atoms with van der Waals surface area (Å²) < 4.78 is 53.8. The first-order valence-corrected chi connectivity index (χ1v) is 12.6. The predicted octanol–water partition coefficient (Wildman–Crippen LogP) is 7.85. The minimum absolute atomic E-state index is 0.181. The van der Waals surface area contributed by atoms with Crippen LogP contribution in [0.3, 0.4) is 0 Å². The normalized spacial score (nSPS) is 13.3. The largest absolute Gasteiger partial charge is 0.339 e. The molecule has 3 nitrogen and oxygen atoms in total. The average molecular weight is 453 g/mol. The molecule has 0 aliphatic carbocycles. The second-order valence-corrected chi connectivity index (χ2v) is 10.7. The van der Waals surface area contributed by atoms with Crippen LogP contribution in [0.1, 0.15) is 55.3 Å². The lowest BCUT2D eigenvalue weighted by Gasteiger charge is -2.27. The summed E-state index contributed by atoms with van der Waals surface area (Å²) >= 11 is 1.57. The number of rotatable bonds is 9. The van der Waals surface area contributed by atoms with Gasteiger partial charge in [0.25, 0.3) is 0 Å². The van der Waals surface area contributed by atoms with Gasteiger partial charge in [0.05, 0.1) is 18.9 Å². The lowest BCUT2D eigenvalue weighted by atomic mass is 9.96. The number of hydrogen-bond donors (Lipinski definition) is 0. The molecule has 0 amide bonds. The van der Waals surface area contributed by atoms with Crippen LogP contribution in [0.25, 0.3) is 10.1 Å². The summed E-state index contributed by atoms with van der Waals surface area (Å²) in [5, 5.41) is 1.11. The summed E-state index contributed by atoms with van der Waals surface area (Å²) in [4.78, 5) is 0.918. The Morgan fingerprint density at radius 1 is 1.00 bits per heavy atom. The number of benzene rings is 2. The first kappa shape index (κ1) is 23.1. The van der Waals surface area contributed by atoms with Crippen LogP contribution in [0, 0.1) is 11.6 Å². The molecule has 2 aromatic carbocycles. The van der Waals surface area contributed by atoms with Crippen molar-refractivity contribution in [2.24, 2.45) is 0 Å². The van der Waals surface area contributed by atoms with E-state index in [1.807, 2.05) is 18.2 Å². The van der Waals surface area contributed by atoms with Gasteiger partial charge in [-0.1, -0.05) is 38.1 Å². The molecule has 0 radical (unpaired) electrons. The van der Waals surface area contributed by atoms with E-state index in [-0.39, 0.29) is 25.6 Å². The Balaban J connectivity index is 2.21. The Morgan fingerprint density at radius 2 is 1.67 bits per heavy atom. The molecule has 0 saturated heterocycles. The second kappa shape index (κ2) is 9.69. The van der Waals surface area contributed by atoms with E-state index < -0.39 is 24.9 Å². The third kappa shape index (κ3) is 4.67. The highest BCUT2D eigenvalue weighted by atomic mass is 32.1. The summed E-state index contributed by atoms with van der Waals surface area (Å²) in [6, 6.07) is 11.8. The summed E-state index contributed by atoms with van der Waals surface area (Å²) in [6.45, 7) is 8.20. The van der Waals surface area contributed by atoms with E-state index in [1.54, 1.807) is 25.2 Å². The highest BCUT2D eigenvalue weighted by Crippen LogP contribution is 2.64. The molecule has 0 aliphatic heterocycles. The maximum atomic E-state index is 13.9. The smallest absolute Gasteiger partial charge is 0.308 e. The van der Waals surface area contributed by atoms with Crippen molar-refractivity contribution in [2.75, 3.05) is 13.2 Å². The standard InChI is InChI=1S/C23H27F2O3PS/c1-5-27-29(26,28-6-2)20(14-16-11-12-18(24)19(25)13-16)23-22(15(3)4)17-9-7-8-10-21(17)30-23/h7-13,15,20H,5-6,14H2,1-4H3. The van der Waals surface area contributed by atoms with E-state index in [9.17, 15) is 13.3 Å². The first-order valence-electron chi connectivity index (χ1n) is 10.1. The molecule has 162 valence electrons. The molecule has 7 heteroatoms. The molecular weight excluding hydrogens is 425 g/mol. The molecule has 0 aliphatic rings. The van der Waals surface area contributed by atoms with Crippen LogP contribution in [0.5, 0.6) is 0 Å². The fourth-order valence-electron chi connectivity index (χ4n) is 3.74. The van der Waals surface area contributed by atoms with Crippen LogP contribution >= 0.6 is 18.9 Å². The monoisotopic (exact) mass is 452 g/mol. The number of fused-ring (bicyclic) bond motifs is 1. The first-order chi connectivity index (χ1) is 14.3. The van der Waals surface area contributed by atoms with Crippen LogP contribution in [0.15, 0.2) is 42.5 Å². The summed E-state index contributed by atoms with van der Waals surface area (Å²) in [7, 11) is -3.57. The quantitative estimate of drug-likeness (QED) is 0.310. The van der Waals surface area contributed by atoms with Gasteiger partial charge in [-0.05, 0) is 60.9 Å². The number of hydrogen-bond acceptors (Lipinski definition) is 4. The van der Waals surface area contributed by atoms with Crippen LogP contribution in [-0.2, 0) is 20.0 Å². The van der Waals surface area contributed by atoms with Gasteiger partial charge in [-0.15, -0.1) is 11.3 Å². The van der Waals surface area contributed by atoms with Gasteiger partial charge in [0, 0.05) is 9.58 Å². The van der Waals surface area contributed by atoms with Gasteiger partial charge in [0.1, 0.15) is 0 Å². The van der Waals surface area contributed by atoms with Crippen molar-refractivity contribution in [3.05, 3.63) is 70.1 Å². The third-order valence-electron chi connectivity index (χ3n) is 4.96. The molecule has 3 rings (SSSR count). The third-order valence-corrected chi connectivity index (χ3v) is 8.87. The van der Waals surface area contributed by atoms with Crippen molar-refractivity contribution in [1.82, 2.24) is 0 Å². The molecule has 1 aromatic heterocycles. The fourth-order valence-corrected chi connectivity index (χ4v) is 7.65. The van der Waals surface area contributed by atoms with Gasteiger partial charge in [0.15, 0.2) is 11.6 Å². The van der Waals surface area contributed by atoms with E-state index in [0.717, 1.165) is 32.7 Å². The van der Waals surface area contributed by atoms with E-state index >= 15 is 0 Å². The van der Waals surface area contributed by atoms with Gasteiger partial charge >= 0.3 is 7.60 Å². The minimum Gasteiger partial charge on any atom is -0.308 e. The van der Waals surface area contributed by atoms with Crippen molar-refractivity contribution in [2.45, 2.75) is 45.7 Å². The van der Waals surface area contributed by atoms with E-state index in [4.69, 9.17) is 9.05 Å². The predicted molar refractivity (Wildman–Crippen MR) is 120 cm³/mol. The number of halogens is 2. The average Bonchev–Trinajstić information content (AvgIpc) is 3.08. The zero-order chi connectivity index (χ0) is 21.9. The van der Waals surface area contributed by atoms with Crippen LogP contribution in [0.2, 0.25) is 0 Å². The molecule has 0 saturated carbocycles. The zero-order valence-electron chi connectivity index (χ0n) is 17.7. The second-order valence-electron chi connectivity index (χ2n) is 7.37.